The van der Waals surface area contributed by atoms with Crippen molar-refractivity contribution in [3.8, 4) is 0 Å². The Morgan fingerprint density at radius 1 is 1.18 bits per heavy atom. The van der Waals surface area contributed by atoms with Gasteiger partial charge in [0.2, 0.25) is 5.91 Å². The molecule has 4 nitrogen and oxygen atoms in total. The number of carbonyl (C=O) groups is 2. The lowest BCUT2D eigenvalue weighted by Gasteiger charge is -2.26. The first kappa shape index (κ1) is 18.7. The summed E-state index contributed by atoms with van der Waals surface area (Å²) in [4.78, 5) is 27.1. The van der Waals surface area contributed by atoms with Gasteiger partial charge in [-0.2, -0.15) is 0 Å². The molecule has 0 spiro atoms. The molecule has 1 aliphatic heterocycles. The Morgan fingerprint density at radius 2 is 2.00 bits per heavy atom. The van der Waals surface area contributed by atoms with Crippen molar-refractivity contribution in [2.75, 3.05) is 16.0 Å². The molecule has 1 atom stereocenters. The molecule has 7 heteroatoms. The van der Waals surface area contributed by atoms with Crippen LogP contribution in [0.2, 0.25) is 0 Å². The number of carbonyl (C=O) groups excluding carboxylic acids is 2. The maximum absolute atomic E-state index is 14.0. The van der Waals surface area contributed by atoms with Crippen LogP contribution in [0.4, 0.5) is 15.8 Å². The highest BCUT2D eigenvalue weighted by molar-refractivity contribution is 8.00. The number of thioether (sulfide) groups is 1. The Balaban J connectivity index is 1.63. The quantitative estimate of drug-likeness (QED) is 0.639. The average molecular weight is 413 g/mol. The second kappa shape index (κ2) is 7.77. The molecule has 4 rings (SSSR count). The molecule has 3 aromatic rings. The topological polar surface area (TPSA) is 49.4 Å². The van der Waals surface area contributed by atoms with Crippen molar-refractivity contribution < 1.29 is 14.0 Å². The van der Waals surface area contributed by atoms with E-state index in [0.29, 0.717) is 27.6 Å². The first-order valence-corrected chi connectivity index (χ1v) is 10.6. The molecule has 2 heterocycles. The molecule has 0 saturated carbocycles. The van der Waals surface area contributed by atoms with Crippen LogP contribution in [0.1, 0.15) is 26.2 Å². The van der Waals surface area contributed by atoms with Crippen molar-refractivity contribution in [3.05, 3.63) is 81.8 Å². The Kier molecular flexibility index (Phi) is 5.19. The average Bonchev–Trinajstić information content (AvgIpc) is 3.34. The largest absolute Gasteiger partial charge is 0.321 e. The number of thiophene rings is 1. The molecule has 28 heavy (non-hydrogen) atoms. The van der Waals surface area contributed by atoms with Gasteiger partial charge >= 0.3 is 0 Å². The smallest absolute Gasteiger partial charge is 0.265 e. The van der Waals surface area contributed by atoms with Crippen molar-refractivity contribution in [1.29, 1.82) is 0 Å². The summed E-state index contributed by atoms with van der Waals surface area (Å²) in [6, 6.07) is 15.8. The zero-order chi connectivity index (χ0) is 19.7. The summed E-state index contributed by atoms with van der Waals surface area (Å²) in [5, 5.41) is 4.47. The van der Waals surface area contributed by atoms with Gasteiger partial charge < -0.3 is 5.32 Å². The van der Waals surface area contributed by atoms with Crippen molar-refractivity contribution in [3.63, 3.8) is 0 Å². The lowest BCUT2D eigenvalue weighted by Crippen LogP contribution is -2.28. The number of halogens is 1. The molecular weight excluding hydrogens is 395 g/mol. The summed E-state index contributed by atoms with van der Waals surface area (Å²) in [6.45, 7) is 1.68. The number of anilines is 2. The highest BCUT2D eigenvalue weighted by Crippen LogP contribution is 2.43. The van der Waals surface area contributed by atoms with E-state index in [0.717, 1.165) is 5.56 Å². The fraction of sp³-hybridized carbons (Fsp3) is 0.143. The van der Waals surface area contributed by atoms with Gasteiger partial charge in [0, 0.05) is 11.3 Å². The van der Waals surface area contributed by atoms with Gasteiger partial charge in [-0.25, -0.2) is 4.39 Å². The molecule has 1 aliphatic rings. The number of amides is 2. The molecule has 1 saturated heterocycles. The molecular formula is C21H17FN2O2S2. The number of rotatable bonds is 4. The van der Waals surface area contributed by atoms with Crippen molar-refractivity contribution >= 4 is 46.3 Å². The zero-order valence-electron chi connectivity index (χ0n) is 15.0. The normalized spacial score (nSPS) is 16.4. The number of nitrogens with one attached hydrogen (secondary N) is 1. The number of hydrogen-bond donors (Lipinski definition) is 1. The third-order valence-electron chi connectivity index (χ3n) is 4.54. The minimum absolute atomic E-state index is 0.0586. The van der Waals surface area contributed by atoms with Crippen molar-refractivity contribution in [2.45, 2.75) is 12.3 Å². The van der Waals surface area contributed by atoms with Crippen LogP contribution in [0.5, 0.6) is 0 Å². The van der Waals surface area contributed by atoms with Crippen LogP contribution in [0, 0.1) is 12.7 Å². The second-order valence-electron chi connectivity index (χ2n) is 6.37. The summed E-state index contributed by atoms with van der Waals surface area (Å²) in [5.41, 5.74) is 2.56. The second-order valence-corrected chi connectivity index (χ2v) is 8.38. The number of benzene rings is 2. The lowest BCUT2D eigenvalue weighted by atomic mass is 10.1. The summed E-state index contributed by atoms with van der Waals surface area (Å²) in [5.74, 6) is -0.235. The number of nitrogens with zero attached hydrogens (tertiary/aromatic N) is 1. The van der Waals surface area contributed by atoms with E-state index < -0.39 is 0 Å². The Bertz CT molecular complexity index is 1040. The molecule has 142 valence electrons. The first-order chi connectivity index (χ1) is 13.5. The third-order valence-corrected chi connectivity index (χ3v) is 6.62. The van der Waals surface area contributed by atoms with Crippen LogP contribution in [-0.4, -0.2) is 17.6 Å². The van der Waals surface area contributed by atoms with Crippen molar-refractivity contribution in [2.24, 2.45) is 0 Å². The minimum atomic E-state index is -0.335. The molecule has 0 radical (unpaired) electrons. The fourth-order valence-electron chi connectivity index (χ4n) is 3.16. The van der Waals surface area contributed by atoms with Crippen LogP contribution in [0.3, 0.4) is 0 Å². The lowest BCUT2D eigenvalue weighted by molar-refractivity contribution is -0.115. The Morgan fingerprint density at radius 3 is 2.79 bits per heavy atom. The maximum Gasteiger partial charge on any atom is 0.265 e. The molecule has 0 aliphatic carbocycles. The predicted molar refractivity (Wildman–Crippen MR) is 113 cm³/mol. The summed E-state index contributed by atoms with van der Waals surface area (Å²) in [6.07, 6.45) is 0. The van der Waals surface area contributed by atoms with E-state index in [9.17, 15) is 14.0 Å². The fourth-order valence-corrected chi connectivity index (χ4v) is 4.94. The van der Waals surface area contributed by atoms with Crippen LogP contribution in [0.25, 0.3) is 0 Å². The zero-order valence-corrected chi connectivity index (χ0v) is 16.6. The van der Waals surface area contributed by atoms with Gasteiger partial charge in [0.05, 0.1) is 16.3 Å². The highest BCUT2D eigenvalue weighted by atomic mass is 32.2. The van der Waals surface area contributed by atoms with E-state index in [2.05, 4.69) is 5.32 Å². The number of hydrogen-bond acceptors (Lipinski definition) is 4. The van der Waals surface area contributed by atoms with E-state index in [-0.39, 0.29) is 23.0 Å². The first-order valence-electron chi connectivity index (χ1n) is 8.68. The molecule has 2 amide bonds. The van der Waals surface area contributed by atoms with Gasteiger partial charge in [-0.1, -0.05) is 24.3 Å². The van der Waals surface area contributed by atoms with Gasteiger partial charge in [-0.15, -0.1) is 23.1 Å². The molecule has 1 N–H and O–H groups in total. The highest BCUT2D eigenvalue weighted by Gasteiger charge is 2.35. The van der Waals surface area contributed by atoms with Crippen molar-refractivity contribution in [1.82, 2.24) is 0 Å². The maximum atomic E-state index is 14.0. The third kappa shape index (κ3) is 3.55. The SMILES string of the molecule is Cc1c(F)cccc1N1C(=O)CS[C@@H]1c1cccc(NC(=O)c2cccs2)c1. The summed E-state index contributed by atoms with van der Waals surface area (Å²) in [7, 11) is 0. The summed E-state index contributed by atoms with van der Waals surface area (Å²) < 4.78 is 14.0. The van der Waals surface area contributed by atoms with E-state index >= 15 is 0 Å². The van der Waals surface area contributed by atoms with Gasteiger partial charge in [0.1, 0.15) is 11.2 Å². The molecule has 0 bridgehead atoms. The molecule has 0 unspecified atom stereocenters. The van der Waals surface area contributed by atoms with Gasteiger partial charge in [0.15, 0.2) is 0 Å². The van der Waals surface area contributed by atoms with E-state index in [1.165, 1.54) is 29.2 Å². The monoisotopic (exact) mass is 412 g/mol. The Hall–Kier alpha value is -2.64. The van der Waals surface area contributed by atoms with Gasteiger partial charge in [-0.3, -0.25) is 14.5 Å². The van der Waals surface area contributed by atoms with Gasteiger partial charge in [0.25, 0.3) is 5.91 Å². The van der Waals surface area contributed by atoms with Crippen LogP contribution < -0.4 is 10.2 Å². The van der Waals surface area contributed by atoms with E-state index in [1.54, 1.807) is 30.0 Å². The van der Waals surface area contributed by atoms with Crippen LogP contribution in [-0.2, 0) is 4.79 Å². The molecule has 1 aromatic heterocycles. The summed E-state index contributed by atoms with van der Waals surface area (Å²) >= 11 is 2.87. The molecule has 2 aromatic carbocycles. The van der Waals surface area contributed by atoms with Crippen LogP contribution in [0.15, 0.2) is 60.0 Å². The standard InChI is InChI=1S/C21H17FN2O2S2/c1-13-16(22)7-3-8-17(13)24-19(25)12-28-21(24)14-5-2-6-15(11-14)23-20(26)18-9-4-10-27-18/h2-11,21H,12H2,1H3,(H,23,26)/t21-/m1/s1. The predicted octanol–water partition coefficient (Wildman–Crippen LogP) is 5.23. The Labute approximate surface area is 170 Å². The minimum Gasteiger partial charge on any atom is -0.321 e. The van der Waals surface area contributed by atoms with Crippen LogP contribution >= 0.6 is 23.1 Å². The molecule has 1 fully saturated rings. The van der Waals surface area contributed by atoms with E-state index in [1.807, 2.05) is 35.7 Å². The van der Waals surface area contributed by atoms with E-state index in [4.69, 9.17) is 0 Å². The van der Waals surface area contributed by atoms with Gasteiger partial charge in [-0.05, 0) is 48.2 Å².